The Hall–Kier alpha value is -1.64. The summed E-state index contributed by atoms with van der Waals surface area (Å²) < 4.78 is 26.0. The van der Waals surface area contributed by atoms with Crippen molar-refractivity contribution in [1.82, 2.24) is 10.0 Å². The zero-order valence-corrected chi connectivity index (χ0v) is 12.1. The first-order valence-corrected chi connectivity index (χ1v) is 7.33. The number of amides is 1. The van der Waals surface area contributed by atoms with Crippen molar-refractivity contribution in [2.45, 2.75) is 11.8 Å². The number of halogens is 1. The molecule has 3 N–H and O–H groups in total. The normalized spacial score (nSPS) is 11.1. The average Bonchev–Trinajstić information content (AvgIpc) is 2.36. The van der Waals surface area contributed by atoms with Crippen LogP contribution in [0.3, 0.4) is 0 Å². The van der Waals surface area contributed by atoms with E-state index in [2.05, 4.69) is 4.72 Å². The molecule has 0 saturated heterocycles. The van der Waals surface area contributed by atoms with Crippen LogP contribution in [-0.2, 0) is 19.6 Å². The fourth-order valence-electron chi connectivity index (χ4n) is 1.34. The maximum Gasteiger partial charge on any atom is 0.322 e. The Morgan fingerprint density at radius 2 is 1.95 bits per heavy atom. The molecule has 0 atom stereocenters. The fraction of sp³-hybridized carbons (Fsp3) is 0.273. The van der Waals surface area contributed by atoms with Crippen LogP contribution in [0, 0.1) is 6.92 Å². The molecule has 0 radical (unpaired) electrons. The molecule has 1 aromatic rings. The lowest BCUT2D eigenvalue weighted by molar-refractivity contribution is -0.137. The molecule has 0 bridgehead atoms. The van der Waals surface area contributed by atoms with Gasteiger partial charge in [-0.3, -0.25) is 9.59 Å². The molecule has 0 aliphatic carbocycles. The quantitative estimate of drug-likeness (QED) is 0.689. The van der Waals surface area contributed by atoms with Crippen LogP contribution in [0.25, 0.3) is 0 Å². The number of benzene rings is 1. The van der Waals surface area contributed by atoms with Gasteiger partial charge in [0.2, 0.25) is 15.9 Å². The summed E-state index contributed by atoms with van der Waals surface area (Å²) in [6, 6.07) is 4.37. The average molecular weight is 321 g/mol. The van der Waals surface area contributed by atoms with Crippen LogP contribution in [0.2, 0.25) is 5.02 Å². The van der Waals surface area contributed by atoms with Crippen molar-refractivity contribution in [3.05, 3.63) is 28.8 Å². The van der Waals surface area contributed by atoms with Gasteiger partial charge in [-0.2, -0.15) is 0 Å². The number of aliphatic carboxylic acids is 1. The van der Waals surface area contributed by atoms with Crippen molar-refractivity contribution in [3.8, 4) is 0 Å². The van der Waals surface area contributed by atoms with Gasteiger partial charge in [0.15, 0.2) is 0 Å². The summed E-state index contributed by atoms with van der Waals surface area (Å²) in [5, 5.41) is 10.7. The van der Waals surface area contributed by atoms with Crippen LogP contribution in [0.5, 0.6) is 0 Å². The minimum absolute atomic E-state index is 0.0314. The predicted octanol–water partition coefficient (Wildman–Crippen LogP) is 0.128. The summed E-state index contributed by atoms with van der Waals surface area (Å²) >= 11 is 5.73. The van der Waals surface area contributed by atoms with Gasteiger partial charge in [-0.15, -0.1) is 0 Å². The van der Waals surface area contributed by atoms with E-state index < -0.39 is 35.0 Å². The summed E-state index contributed by atoms with van der Waals surface area (Å²) in [6.07, 6.45) is 0. The van der Waals surface area contributed by atoms with E-state index in [-0.39, 0.29) is 9.92 Å². The largest absolute Gasteiger partial charge is 0.480 e. The summed E-state index contributed by atoms with van der Waals surface area (Å²) in [5.41, 5.74) is 0.479. The number of rotatable bonds is 6. The molecule has 7 nitrogen and oxygen atoms in total. The van der Waals surface area contributed by atoms with Crippen molar-refractivity contribution in [1.29, 1.82) is 0 Å². The molecule has 9 heteroatoms. The summed E-state index contributed by atoms with van der Waals surface area (Å²) in [7, 11) is -3.89. The number of hydrogen-bond donors (Lipinski definition) is 3. The number of nitrogens with one attached hydrogen (secondary N) is 2. The zero-order chi connectivity index (χ0) is 15.3. The highest BCUT2D eigenvalue weighted by molar-refractivity contribution is 7.89. The number of carboxylic acid groups (broad SMARTS) is 1. The molecule has 0 heterocycles. The van der Waals surface area contributed by atoms with Gasteiger partial charge in [-0.25, -0.2) is 13.1 Å². The van der Waals surface area contributed by atoms with Gasteiger partial charge in [0, 0.05) is 5.02 Å². The predicted molar refractivity (Wildman–Crippen MR) is 72.0 cm³/mol. The highest BCUT2D eigenvalue weighted by Crippen LogP contribution is 2.19. The number of carbonyl (C=O) groups excluding carboxylic acids is 1. The molecule has 1 amide bonds. The van der Waals surface area contributed by atoms with E-state index in [1.165, 1.54) is 6.07 Å². The van der Waals surface area contributed by atoms with Gasteiger partial charge < -0.3 is 10.4 Å². The molecule has 1 rings (SSSR count). The minimum atomic E-state index is -3.89. The van der Waals surface area contributed by atoms with Crippen LogP contribution in [0.1, 0.15) is 5.56 Å². The van der Waals surface area contributed by atoms with Crippen LogP contribution in [0.15, 0.2) is 23.1 Å². The number of aryl methyl sites for hydroxylation is 1. The van der Waals surface area contributed by atoms with Crippen LogP contribution in [-0.4, -0.2) is 38.5 Å². The van der Waals surface area contributed by atoms with E-state index in [0.29, 0.717) is 5.56 Å². The molecular formula is C11H13ClN2O5S. The first-order valence-electron chi connectivity index (χ1n) is 5.46. The lowest BCUT2D eigenvalue weighted by Crippen LogP contribution is -2.39. The second-order valence-corrected chi connectivity index (χ2v) is 6.08. The molecule has 0 aliphatic heterocycles. The standard InChI is InChI=1S/C11H13ClN2O5S/c1-7-2-3-8(12)4-9(7)20(18,19)14-5-10(15)13-6-11(16)17/h2-4,14H,5-6H2,1H3,(H,13,15)(H,16,17). The molecule has 110 valence electrons. The molecule has 20 heavy (non-hydrogen) atoms. The molecule has 0 aromatic heterocycles. The second kappa shape index (κ2) is 6.69. The third-order valence-corrected chi connectivity index (χ3v) is 4.08. The van der Waals surface area contributed by atoms with E-state index in [4.69, 9.17) is 16.7 Å². The van der Waals surface area contributed by atoms with Crippen LogP contribution >= 0.6 is 11.6 Å². The maximum atomic E-state index is 12.0. The van der Waals surface area contributed by atoms with Crippen molar-refractivity contribution in [2.75, 3.05) is 13.1 Å². The van der Waals surface area contributed by atoms with E-state index in [1.807, 2.05) is 5.32 Å². The number of carbonyl (C=O) groups is 2. The molecule has 0 saturated carbocycles. The third-order valence-electron chi connectivity index (χ3n) is 2.30. The van der Waals surface area contributed by atoms with E-state index in [1.54, 1.807) is 19.1 Å². The second-order valence-electron chi connectivity index (χ2n) is 3.90. The monoisotopic (exact) mass is 320 g/mol. The first kappa shape index (κ1) is 16.4. The summed E-state index contributed by atoms with van der Waals surface area (Å²) in [5.74, 6) is -1.96. The van der Waals surface area contributed by atoms with Gasteiger partial charge in [-0.1, -0.05) is 17.7 Å². The first-order chi connectivity index (χ1) is 9.22. The molecule has 1 aromatic carbocycles. The number of carboxylic acids is 1. The summed E-state index contributed by atoms with van der Waals surface area (Å²) in [4.78, 5) is 21.5. The fourth-order valence-corrected chi connectivity index (χ4v) is 2.83. The van der Waals surface area contributed by atoms with E-state index in [0.717, 1.165) is 0 Å². The van der Waals surface area contributed by atoms with Gasteiger partial charge >= 0.3 is 5.97 Å². The number of sulfonamides is 1. The highest BCUT2D eigenvalue weighted by atomic mass is 35.5. The third kappa shape index (κ3) is 4.80. The Bertz CT molecular complexity index is 630. The molecule has 0 fully saturated rings. The zero-order valence-electron chi connectivity index (χ0n) is 10.5. The topological polar surface area (TPSA) is 113 Å². The maximum absolute atomic E-state index is 12.0. The van der Waals surface area contributed by atoms with Gasteiger partial charge in [0.25, 0.3) is 0 Å². The van der Waals surface area contributed by atoms with Crippen molar-refractivity contribution < 1.29 is 23.1 Å². The number of hydrogen-bond acceptors (Lipinski definition) is 4. The highest BCUT2D eigenvalue weighted by Gasteiger charge is 2.18. The van der Waals surface area contributed by atoms with Crippen molar-refractivity contribution in [3.63, 3.8) is 0 Å². The van der Waals surface area contributed by atoms with Crippen LogP contribution < -0.4 is 10.0 Å². The Labute approximate surface area is 121 Å². The van der Waals surface area contributed by atoms with Gasteiger partial charge in [0.05, 0.1) is 11.4 Å². The van der Waals surface area contributed by atoms with Crippen LogP contribution in [0.4, 0.5) is 0 Å². The molecule has 0 spiro atoms. The lowest BCUT2D eigenvalue weighted by Gasteiger charge is -2.09. The summed E-state index contributed by atoms with van der Waals surface area (Å²) in [6.45, 7) is 0.466. The smallest absolute Gasteiger partial charge is 0.322 e. The Balaban J connectivity index is 2.73. The Morgan fingerprint density at radius 3 is 2.55 bits per heavy atom. The van der Waals surface area contributed by atoms with Crippen molar-refractivity contribution >= 4 is 33.5 Å². The lowest BCUT2D eigenvalue weighted by atomic mass is 10.2. The van der Waals surface area contributed by atoms with Crippen molar-refractivity contribution in [2.24, 2.45) is 0 Å². The SMILES string of the molecule is Cc1ccc(Cl)cc1S(=O)(=O)NCC(=O)NCC(=O)O. The van der Waals surface area contributed by atoms with E-state index in [9.17, 15) is 18.0 Å². The van der Waals surface area contributed by atoms with Gasteiger partial charge in [-0.05, 0) is 24.6 Å². The minimum Gasteiger partial charge on any atom is -0.480 e. The molecular weight excluding hydrogens is 308 g/mol. The molecule has 0 aliphatic rings. The Morgan fingerprint density at radius 1 is 1.30 bits per heavy atom. The van der Waals surface area contributed by atoms with E-state index >= 15 is 0 Å². The Kier molecular flexibility index (Phi) is 5.49. The molecule has 0 unspecified atom stereocenters. The van der Waals surface area contributed by atoms with Gasteiger partial charge in [0.1, 0.15) is 6.54 Å².